The van der Waals surface area contributed by atoms with E-state index >= 15 is 0 Å². The first-order valence-electron chi connectivity index (χ1n) is 19.8. The number of pyridine rings is 2. The number of aromatic nitrogens is 2. The monoisotopic (exact) mass is 842 g/mol. The first-order valence-corrected chi connectivity index (χ1v) is 20.6. The first-order chi connectivity index (χ1) is 29.0. The van der Waals surface area contributed by atoms with Gasteiger partial charge in [-0.05, 0) is 126 Å². The molecule has 8 rings (SSSR count). The minimum atomic E-state index is -1.13. The van der Waals surface area contributed by atoms with Gasteiger partial charge < -0.3 is 24.6 Å². The van der Waals surface area contributed by atoms with Crippen LogP contribution in [0, 0.1) is 20.8 Å². The summed E-state index contributed by atoms with van der Waals surface area (Å²) >= 11 is 12.2. The number of aryl methyl sites for hydroxylation is 2. The number of carboxylic acid groups (broad SMARTS) is 1. The van der Waals surface area contributed by atoms with E-state index in [0.717, 1.165) is 61.6 Å². The number of fused-ring (bicyclic) bond motifs is 2. The molecule has 1 unspecified atom stereocenters. The molecule has 0 fully saturated rings. The predicted molar refractivity (Wildman–Crippen MR) is 231 cm³/mol. The highest BCUT2D eigenvalue weighted by molar-refractivity contribution is 6.42. The Balaban J connectivity index is 0.972. The third-order valence-electron chi connectivity index (χ3n) is 11.2. The van der Waals surface area contributed by atoms with Crippen molar-refractivity contribution in [3.05, 3.63) is 170 Å². The van der Waals surface area contributed by atoms with Crippen molar-refractivity contribution < 1.29 is 28.9 Å². The van der Waals surface area contributed by atoms with Gasteiger partial charge in [-0.25, -0.2) is 4.79 Å². The summed E-state index contributed by atoms with van der Waals surface area (Å²) < 4.78 is 18.8. The second-order valence-electron chi connectivity index (χ2n) is 15.4. The van der Waals surface area contributed by atoms with Gasteiger partial charge in [-0.1, -0.05) is 71.7 Å². The number of nitrogens with one attached hydrogen (secondary N) is 1. The van der Waals surface area contributed by atoms with E-state index in [1.807, 2.05) is 112 Å². The average Bonchev–Trinajstić information content (AvgIpc) is 3.24. The van der Waals surface area contributed by atoms with Crippen LogP contribution in [0.15, 0.2) is 109 Å². The van der Waals surface area contributed by atoms with Crippen molar-refractivity contribution in [2.24, 2.45) is 0 Å². The molecule has 306 valence electrons. The molecule has 4 heterocycles. The van der Waals surface area contributed by atoms with Gasteiger partial charge in [0.15, 0.2) is 17.6 Å². The number of amides is 1. The fraction of sp³-hybridized carbons (Fsp3) is 0.250. The van der Waals surface area contributed by atoms with Crippen molar-refractivity contribution in [1.29, 1.82) is 0 Å². The zero-order valence-corrected chi connectivity index (χ0v) is 35.0. The standard InChI is InChI=1S/C48H44Cl2N4O6/c1-28-5-4-6-37(52-28)25-54-24-36-23-45-44(59-27-46(60-45)34-12-14-38(15-13-34)58-26-32-9-16-40(49)41(50)19-32)22-35(36)21-43(54)47(55)53-42(48(56)57)20-31-7-10-33(11-8-31)39-17-18-51-30(3)29(39)2/h4-19,22-23,42-43,46H,20-21,24-27H2,1-3H3,(H,53,55)(H,56,57)/t42?,43-,46+/m0/s1. The normalized spacial score (nSPS) is 16.4. The SMILES string of the molecule is Cc1cccc(CN2Cc3cc4c(cc3C[C@H]2C(=O)NC(Cc2ccc(-c3ccnc(C)c3C)cc2)C(=O)O)OC[C@H](c2ccc(OCc3ccc(Cl)c(Cl)c3)cc2)O4)n1. The van der Waals surface area contributed by atoms with Gasteiger partial charge in [0, 0.05) is 37.1 Å². The smallest absolute Gasteiger partial charge is 0.326 e. The van der Waals surface area contributed by atoms with Crippen molar-refractivity contribution in [2.45, 2.75) is 71.5 Å². The van der Waals surface area contributed by atoms with E-state index in [9.17, 15) is 14.7 Å². The molecule has 0 saturated carbocycles. The number of carbonyl (C=O) groups excluding carboxylic acids is 1. The summed E-state index contributed by atoms with van der Waals surface area (Å²) in [7, 11) is 0. The molecular weight excluding hydrogens is 799 g/mol. The van der Waals surface area contributed by atoms with Crippen LogP contribution in [0.4, 0.5) is 0 Å². The molecule has 6 aromatic rings. The quantitative estimate of drug-likeness (QED) is 0.124. The lowest BCUT2D eigenvalue weighted by Crippen LogP contribution is -2.54. The highest BCUT2D eigenvalue weighted by atomic mass is 35.5. The number of hydrogen-bond donors (Lipinski definition) is 2. The Morgan fingerprint density at radius 3 is 2.42 bits per heavy atom. The van der Waals surface area contributed by atoms with Crippen LogP contribution in [0.25, 0.3) is 11.1 Å². The van der Waals surface area contributed by atoms with E-state index in [2.05, 4.69) is 15.2 Å². The number of hydrogen-bond acceptors (Lipinski definition) is 8. The number of carbonyl (C=O) groups is 2. The zero-order chi connectivity index (χ0) is 41.9. The Kier molecular flexibility index (Phi) is 12.1. The molecule has 3 atom stereocenters. The van der Waals surface area contributed by atoms with E-state index in [1.54, 1.807) is 18.3 Å². The molecule has 10 nitrogen and oxygen atoms in total. The van der Waals surface area contributed by atoms with E-state index in [4.69, 9.17) is 42.4 Å². The number of nitrogens with zero attached hydrogens (tertiary/aromatic N) is 3. The Bertz CT molecular complexity index is 2550. The van der Waals surface area contributed by atoms with Crippen LogP contribution >= 0.6 is 23.2 Å². The molecule has 2 aliphatic rings. The molecule has 2 aromatic heterocycles. The maximum Gasteiger partial charge on any atom is 0.326 e. The van der Waals surface area contributed by atoms with Crippen LogP contribution in [-0.2, 0) is 42.1 Å². The van der Waals surface area contributed by atoms with Gasteiger partial charge in [-0.2, -0.15) is 0 Å². The maximum atomic E-state index is 14.2. The van der Waals surface area contributed by atoms with Gasteiger partial charge in [-0.3, -0.25) is 19.7 Å². The Labute approximate surface area is 359 Å². The number of benzene rings is 4. The summed E-state index contributed by atoms with van der Waals surface area (Å²) in [5.41, 5.74) is 10.4. The number of carboxylic acids is 1. The molecule has 0 bridgehead atoms. The van der Waals surface area contributed by atoms with Crippen molar-refractivity contribution >= 4 is 35.1 Å². The number of halogens is 2. The molecule has 4 aromatic carbocycles. The molecule has 2 N–H and O–H groups in total. The lowest BCUT2D eigenvalue weighted by atomic mass is 9.92. The summed E-state index contributed by atoms with van der Waals surface area (Å²) in [6, 6.07) is 30.9. The predicted octanol–water partition coefficient (Wildman–Crippen LogP) is 9.21. The number of aliphatic carboxylic acids is 1. The average molecular weight is 844 g/mol. The van der Waals surface area contributed by atoms with Crippen molar-refractivity contribution in [3.8, 4) is 28.4 Å². The minimum absolute atomic E-state index is 0.132. The van der Waals surface area contributed by atoms with Crippen molar-refractivity contribution in [2.75, 3.05) is 6.61 Å². The Morgan fingerprint density at radius 1 is 0.900 bits per heavy atom. The molecule has 60 heavy (non-hydrogen) atoms. The molecule has 0 saturated heterocycles. The number of ether oxygens (including phenoxy) is 3. The fourth-order valence-electron chi connectivity index (χ4n) is 7.74. The fourth-order valence-corrected chi connectivity index (χ4v) is 8.06. The van der Waals surface area contributed by atoms with Gasteiger partial charge in [-0.15, -0.1) is 0 Å². The van der Waals surface area contributed by atoms with E-state index < -0.39 is 18.1 Å². The van der Waals surface area contributed by atoms with E-state index in [-0.39, 0.29) is 18.4 Å². The highest BCUT2D eigenvalue weighted by Gasteiger charge is 2.36. The van der Waals surface area contributed by atoms with Gasteiger partial charge in [0.2, 0.25) is 5.91 Å². The second-order valence-corrected chi connectivity index (χ2v) is 16.2. The van der Waals surface area contributed by atoms with Crippen LogP contribution in [0.5, 0.6) is 17.2 Å². The van der Waals surface area contributed by atoms with Gasteiger partial charge in [0.1, 0.15) is 25.0 Å². The van der Waals surface area contributed by atoms with Gasteiger partial charge in [0.05, 0.1) is 21.8 Å². The molecule has 1 amide bonds. The lowest BCUT2D eigenvalue weighted by molar-refractivity contribution is -0.142. The van der Waals surface area contributed by atoms with Crippen molar-refractivity contribution in [3.63, 3.8) is 0 Å². The largest absolute Gasteiger partial charge is 0.489 e. The molecule has 0 spiro atoms. The third-order valence-corrected chi connectivity index (χ3v) is 11.9. The van der Waals surface area contributed by atoms with Crippen LogP contribution < -0.4 is 19.5 Å². The first kappa shape index (κ1) is 40.8. The van der Waals surface area contributed by atoms with Crippen LogP contribution in [-0.4, -0.2) is 50.5 Å². The summed E-state index contributed by atoms with van der Waals surface area (Å²) in [6.07, 6.45) is 1.92. The molecule has 2 aliphatic heterocycles. The van der Waals surface area contributed by atoms with E-state index in [1.165, 1.54) is 0 Å². The zero-order valence-electron chi connectivity index (χ0n) is 33.5. The third kappa shape index (κ3) is 9.26. The van der Waals surface area contributed by atoms with E-state index in [0.29, 0.717) is 60.0 Å². The summed E-state index contributed by atoms with van der Waals surface area (Å²) in [5.74, 6) is 0.458. The maximum absolute atomic E-state index is 14.2. The molecular formula is C48H44Cl2N4O6. The van der Waals surface area contributed by atoms with Gasteiger partial charge in [0.25, 0.3) is 0 Å². The Hall–Kier alpha value is -5.94. The van der Waals surface area contributed by atoms with Gasteiger partial charge >= 0.3 is 5.97 Å². The topological polar surface area (TPSA) is 123 Å². The minimum Gasteiger partial charge on any atom is -0.489 e. The molecule has 0 aliphatic carbocycles. The number of rotatable bonds is 12. The highest BCUT2D eigenvalue weighted by Crippen LogP contribution is 2.41. The molecule has 12 heteroatoms. The lowest BCUT2D eigenvalue weighted by Gasteiger charge is -2.37. The Morgan fingerprint density at radius 2 is 1.67 bits per heavy atom. The summed E-state index contributed by atoms with van der Waals surface area (Å²) in [6.45, 7) is 7.40. The van der Waals surface area contributed by atoms with Crippen LogP contribution in [0.1, 0.15) is 56.6 Å². The van der Waals surface area contributed by atoms with Crippen LogP contribution in [0.3, 0.4) is 0 Å². The molecule has 0 radical (unpaired) electrons. The van der Waals surface area contributed by atoms with Crippen molar-refractivity contribution in [1.82, 2.24) is 20.2 Å². The summed E-state index contributed by atoms with van der Waals surface area (Å²) in [4.78, 5) is 38.0. The second kappa shape index (κ2) is 17.7. The summed E-state index contributed by atoms with van der Waals surface area (Å²) in [5, 5.41) is 14.2. The van der Waals surface area contributed by atoms with Crippen LogP contribution in [0.2, 0.25) is 10.0 Å².